The summed E-state index contributed by atoms with van der Waals surface area (Å²) < 4.78 is 5.74. The molecule has 1 fully saturated rings. The topological polar surface area (TPSA) is 90.6 Å². The number of likely N-dealkylation sites (tertiary alicyclic amines) is 1. The molecule has 0 saturated carbocycles. The molecule has 1 N–H and O–H groups in total. The van der Waals surface area contributed by atoms with E-state index in [-0.39, 0.29) is 5.91 Å². The summed E-state index contributed by atoms with van der Waals surface area (Å²) >= 11 is 0. The van der Waals surface area contributed by atoms with Gasteiger partial charge in [-0.25, -0.2) is 4.79 Å². The van der Waals surface area contributed by atoms with Gasteiger partial charge in [0.25, 0.3) is 5.91 Å². The van der Waals surface area contributed by atoms with E-state index in [4.69, 9.17) is 10.00 Å². The number of carbonyl (C=O) groups excluding carboxylic acids is 1. The number of aromatic carboxylic acids is 1. The molecule has 6 nitrogen and oxygen atoms in total. The molecule has 2 aromatic rings. The Morgan fingerprint density at radius 3 is 2.52 bits per heavy atom. The molecule has 1 aliphatic heterocycles. The highest BCUT2D eigenvalue weighted by Crippen LogP contribution is 2.25. The highest BCUT2D eigenvalue weighted by atomic mass is 16.5. The van der Waals surface area contributed by atoms with Crippen LogP contribution < -0.4 is 4.74 Å². The van der Waals surface area contributed by atoms with Crippen LogP contribution in [0.3, 0.4) is 0 Å². The van der Waals surface area contributed by atoms with Crippen molar-refractivity contribution in [3.63, 3.8) is 0 Å². The summed E-state index contributed by atoms with van der Waals surface area (Å²) in [5, 5.41) is 18.5. The molecule has 0 aliphatic carbocycles. The lowest BCUT2D eigenvalue weighted by Gasteiger charge is -2.33. The molecule has 1 unspecified atom stereocenters. The van der Waals surface area contributed by atoms with E-state index < -0.39 is 12.1 Å². The summed E-state index contributed by atoms with van der Waals surface area (Å²) in [4.78, 5) is 25.9. The lowest BCUT2D eigenvalue weighted by Crippen LogP contribution is -2.45. The van der Waals surface area contributed by atoms with Crippen LogP contribution in [0.5, 0.6) is 5.75 Å². The first-order valence-electron chi connectivity index (χ1n) is 9.75. The number of carboxylic acids is 1. The van der Waals surface area contributed by atoms with Crippen LogP contribution in [0.15, 0.2) is 48.5 Å². The third-order valence-electron chi connectivity index (χ3n) is 5.34. The van der Waals surface area contributed by atoms with E-state index in [1.807, 2.05) is 12.1 Å². The van der Waals surface area contributed by atoms with E-state index in [9.17, 15) is 14.7 Å². The van der Waals surface area contributed by atoms with Gasteiger partial charge in [0.15, 0.2) is 6.10 Å². The van der Waals surface area contributed by atoms with Crippen molar-refractivity contribution in [1.29, 1.82) is 5.26 Å². The van der Waals surface area contributed by atoms with Gasteiger partial charge in [-0.2, -0.15) is 5.26 Å². The second-order valence-electron chi connectivity index (χ2n) is 7.30. The maximum atomic E-state index is 12.8. The molecule has 1 aliphatic rings. The zero-order valence-electron chi connectivity index (χ0n) is 16.4. The van der Waals surface area contributed by atoms with Crippen molar-refractivity contribution in [3.05, 3.63) is 65.2 Å². The Morgan fingerprint density at radius 1 is 1.17 bits per heavy atom. The van der Waals surface area contributed by atoms with Crippen LogP contribution in [0.4, 0.5) is 0 Å². The van der Waals surface area contributed by atoms with E-state index in [2.05, 4.69) is 6.07 Å². The fourth-order valence-electron chi connectivity index (χ4n) is 3.74. The largest absolute Gasteiger partial charge is 0.480 e. The Bertz CT molecular complexity index is 926. The van der Waals surface area contributed by atoms with Crippen molar-refractivity contribution < 1.29 is 19.4 Å². The lowest BCUT2D eigenvalue weighted by atomic mass is 9.88. The average Bonchev–Trinajstić information content (AvgIpc) is 2.74. The number of hydrogen-bond donors (Lipinski definition) is 1. The van der Waals surface area contributed by atoms with Crippen LogP contribution >= 0.6 is 0 Å². The minimum absolute atomic E-state index is 0.0953. The van der Waals surface area contributed by atoms with Gasteiger partial charge in [0, 0.05) is 13.1 Å². The summed E-state index contributed by atoms with van der Waals surface area (Å²) in [6.07, 6.45) is 1.67. The first-order chi connectivity index (χ1) is 14.0. The summed E-state index contributed by atoms with van der Waals surface area (Å²) in [6, 6.07) is 16.0. The van der Waals surface area contributed by atoms with Gasteiger partial charge in [0.1, 0.15) is 11.8 Å². The molecule has 0 bridgehead atoms. The molecule has 1 amide bonds. The summed E-state index contributed by atoms with van der Waals surface area (Å²) in [5.74, 6) is -0.245. The van der Waals surface area contributed by atoms with Gasteiger partial charge in [0.05, 0.1) is 11.1 Å². The van der Waals surface area contributed by atoms with Crippen molar-refractivity contribution in [2.75, 3.05) is 13.1 Å². The second-order valence-corrected chi connectivity index (χ2v) is 7.30. The average molecular weight is 392 g/mol. The van der Waals surface area contributed by atoms with Crippen LogP contribution in [-0.2, 0) is 11.2 Å². The van der Waals surface area contributed by atoms with Crippen LogP contribution in [0.2, 0.25) is 0 Å². The Kier molecular flexibility index (Phi) is 6.50. The fraction of sp³-hybridized carbons (Fsp3) is 0.348. The van der Waals surface area contributed by atoms with Gasteiger partial charge in [-0.3, -0.25) is 4.79 Å². The molecule has 3 rings (SSSR count). The summed E-state index contributed by atoms with van der Waals surface area (Å²) in [6.45, 7) is 2.93. The third-order valence-corrected chi connectivity index (χ3v) is 5.34. The van der Waals surface area contributed by atoms with Crippen molar-refractivity contribution in [2.24, 2.45) is 5.92 Å². The van der Waals surface area contributed by atoms with Crippen molar-refractivity contribution in [1.82, 2.24) is 4.90 Å². The normalized spacial score (nSPS) is 15.4. The summed E-state index contributed by atoms with van der Waals surface area (Å²) in [7, 11) is 0. The molecular weight excluding hydrogens is 368 g/mol. The molecule has 150 valence electrons. The zero-order valence-corrected chi connectivity index (χ0v) is 16.4. The number of nitrogens with zero attached hydrogens (tertiary/aromatic N) is 2. The number of amides is 1. The predicted molar refractivity (Wildman–Crippen MR) is 108 cm³/mol. The van der Waals surface area contributed by atoms with Gasteiger partial charge in [0.2, 0.25) is 0 Å². The Hall–Kier alpha value is -3.33. The van der Waals surface area contributed by atoms with E-state index in [1.54, 1.807) is 48.2 Å². The number of rotatable bonds is 6. The number of carbonyl (C=O) groups is 2. The minimum atomic E-state index is -0.906. The molecule has 1 saturated heterocycles. The van der Waals surface area contributed by atoms with Gasteiger partial charge >= 0.3 is 5.97 Å². The number of para-hydroxylation sites is 1. The molecule has 29 heavy (non-hydrogen) atoms. The van der Waals surface area contributed by atoms with Crippen LogP contribution in [0, 0.1) is 17.2 Å². The smallest absolute Gasteiger partial charge is 0.335 e. The van der Waals surface area contributed by atoms with Gasteiger partial charge < -0.3 is 14.7 Å². The SMILES string of the molecule is CC(Oc1ccccc1C#N)C(=O)N1CCC(Cc2ccccc2C(=O)O)CC1. The van der Waals surface area contributed by atoms with Gasteiger partial charge in [-0.15, -0.1) is 0 Å². The maximum Gasteiger partial charge on any atom is 0.335 e. The third kappa shape index (κ3) is 4.94. The standard InChI is InChI=1S/C23H24N2O4/c1-16(29-21-9-5-3-7-19(21)15-24)22(26)25-12-10-17(11-13-25)14-18-6-2-4-8-20(18)23(27)28/h2-9,16-17H,10-14H2,1H3,(H,27,28). The van der Waals surface area contributed by atoms with Crippen molar-refractivity contribution in [2.45, 2.75) is 32.3 Å². The van der Waals surface area contributed by atoms with Crippen LogP contribution in [-0.4, -0.2) is 41.1 Å². The molecule has 1 heterocycles. The monoisotopic (exact) mass is 392 g/mol. The number of ether oxygens (including phenoxy) is 1. The van der Waals surface area contributed by atoms with E-state index >= 15 is 0 Å². The number of nitriles is 1. The van der Waals surface area contributed by atoms with Gasteiger partial charge in [-0.05, 0) is 55.9 Å². The Balaban J connectivity index is 1.56. The molecule has 0 spiro atoms. The predicted octanol–water partition coefficient (Wildman–Crippen LogP) is 3.51. The number of carboxylic acid groups (broad SMARTS) is 1. The molecule has 2 aromatic carbocycles. The fourth-order valence-corrected chi connectivity index (χ4v) is 3.74. The van der Waals surface area contributed by atoms with Crippen molar-refractivity contribution in [3.8, 4) is 11.8 Å². The highest BCUT2D eigenvalue weighted by molar-refractivity contribution is 5.89. The molecule has 6 heteroatoms. The second kappa shape index (κ2) is 9.24. The number of hydrogen-bond acceptors (Lipinski definition) is 4. The maximum absolute atomic E-state index is 12.8. The zero-order chi connectivity index (χ0) is 20.8. The van der Waals surface area contributed by atoms with E-state index in [0.29, 0.717) is 42.3 Å². The molecule has 0 aromatic heterocycles. The first-order valence-corrected chi connectivity index (χ1v) is 9.75. The van der Waals surface area contributed by atoms with E-state index in [1.165, 1.54) is 0 Å². The number of piperidine rings is 1. The van der Waals surface area contributed by atoms with Crippen LogP contribution in [0.1, 0.15) is 41.3 Å². The summed E-state index contributed by atoms with van der Waals surface area (Å²) in [5.41, 5.74) is 1.60. The Labute approximate surface area is 170 Å². The lowest BCUT2D eigenvalue weighted by molar-refractivity contribution is -0.139. The van der Waals surface area contributed by atoms with Gasteiger partial charge in [-0.1, -0.05) is 30.3 Å². The molecular formula is C23H24N2O4. The molecule has 1 atom stereocenters. The van der Waals surface area contributed by atoms with Crippen molar-refractivity contribution >= 4 is 11.9 Å². The highest BCUT2D eigenvalue weighted by Gasteiger charge is 2.28. The quantitative estimate of drug-likeness (QED) is 0.812. The Morgan fingerprint density at radius 2 is 1.83 bits per heavy atom. The minimum Gasteiger partial charge on any atom is -0.480 e. The molecule has 0 radical (unpaired) electrons. The van der Waals surface area contributed by atoms with Crippen LogP contribution in [0.25, 0.3) is 0 Å². The number of benzene rings is 2. The first kappa shape index (κ1) is 20.4. The van der Waals surface area contributed by atoms with E-state index in [0.717, 1.165) is 18.4 Å².